The standard InChI is InChI=1S/C23H27N3O4/c1-30-16-6-14-24-22(28)20-9-5-15-26(20)23(29)18-10-12-19(13-11-18)25-21(27)17-7-3-2-4-8-17/h2-4,7-8,10-13,20H,5-6,9,14-16H2,1H3,(H,24,28)(H,25,27)/t20-/m1/s1. The zero-order chi connectivity index (χ0) is 21.3. The zero-order valence-electron chi connectivity index (χ0n) is 17.1. The van der Waals surface area contributed by atoms with E-state index in [9.17, 15) is 14.4 Å². The molecule has 3 rings (SSSR count). The third-order valence-electron chi connectivity index (χ3n) is 5.07. The van der Waals surface area contributed by atoms with E-state index in [4.69, 9.17) is 4.74 Å². The Labute approximate surface area is 176 Å². The molecular weight excluding hydrogens is 382 g/mol. The van der Waals surface area contributed by atoms with Gasteiger partial charge in [0, 0.05) is 43.6 Å². The summed E-state index contributed by atoms with van der Waals surface area (Å²) in [6.07, 6.45) is 2.19. The van der Waals surface area contributed by atoms with Crippen molar-refractivity contribution >= 4 is 23.4 Å². The molecule has 1 aliphatic heterocycles. The molecule has 0 unspecified atom stereocenters. The Balaban J connectivity index is 1.59. The smallest absolute Gasteiger partial charge is 0.255 e. The van der Waals surface area contributed by atoms with E-state index in [2.05, 4.69) is 10.6 Å². The molecular formula is C23H27N3O4. The van der Waals surface area contributed by atoms with E-state index in [0.29, 0.717) is 42.9 Å². The maximum absolute atomic E-state index is 12.9. The summed E-state index contributed by atoms with van der Waals surface area (Å²) < 4.78 is 4.98. The van der Waals surface area contributed by atoms with Crippen LogP contribution >= 0.6 is 0 Å². The summed E-state index contributed by atoms with van der Waals surface area (Å²) in [6.45, 7) is 1.67. The molecule has 1 saturated heterocycles. The lowest BCUT2D eigenvalue weighted by atomic mass is 10.1. The summed E-state index contributed by atoms with van der Waals surface area (Å²) in [7, 11) is 1.62. The van der Waals surface area contributed by atoms with Crippen LogP contribution in [-0.4, -0.2) is 55.5 Å². The summed E-state index contributed by atoms with van der Waals surface area (Å²) in [6, 6.07) is 15.2. The van der Waals surface area contributed by atoms with E-state index in [1.807, 2.05) is 6.07 Å². The molecule has 0 aliphatic carbocycles. The van der Waals surface area contributed by atoms with E-state index in [1.165, 1.54) is 0 Å². The molecule has 1 fully saturated rings. The van der Waals surface area contributed by atoms with Gasteiger partial charge in [-0.1, -0.05) is 18.2 Å². The predicted octanol–water partition coefficient (Wildman–Crippen LogP) is 2.70. The molecule has 3 amide bonds. The summed E-state index contributed by atoms with van der Waals surface area (Å²) in [4.78, 5) is 39.3. The highest BCUT2D eigenvalue weighted by molar-refractivity contribution is 6.04. The van der Waals surface area contributed by atoms with Crippen LogP contribution in [0.4, 0.5) is 5.69 Å². The van der Waals surface area contributed by atoms with Gasteiger partial charge in [0.1, 0.15) is 6.04 Å². The summed E-state index contributed by atoms with van der Waals surface area (Å²) in [5.41, 5.74) is 1.66. The van der Waals surface area contributed by atoms with Crippen LogP contribution in [0.3, 0.4) is 0 Å². The highest BCUT2D eigenvalue weighted by atomic mass is 16.5. The number of nitrogens with zero attached hydrogens (tertiary/aromatic N) is 1. The molecule has 2 N–H and O–H groups in total. The van der Waals surface area contributed by atoms with Crippen molar-refractivity contribution < 1.29 is 19.1 Å². The van der Waals surface area contributed by atoms with E-state index < -0.39 is 6.04 Å². The molecule has 1 aliphatic rings. The molecule has 0 radical (unpaired) electrons. The quantitative estimate of drug-likeness (QED) is 0.656. The fraction of sp³-hybridized carbons (Fsp3) is 0.348. The maximum Gasteiger partial charge on any atom is 0.255 e. The number of carbonyl (C=O) groups is 3. The molecule has 7 nitrogen and oxygen atoms in total. The van der Waals surface area contributed by atoms with Gasteiger partial charge in [0.2, 0.25) is 5.91 Å². The molecule has 2 aromatic rings. The van der Waals surface area contributed by atoms with Gasteiger partial charge in [-0.05, 0) is 55.7 Å². The van der Waals surface area contributed by atoms with Gasteiger partial charge in [-0.15, -0.1) is 0 Å². The Morgan fingerprint density at radius 2 is 1.77 bits per heavy atom. The number of nitrogens with one attached hydrogen (secondary N) is 2. The van der Waals surface area contributed by atoms with Gasteiger partial charge in [0.05, 0.1) is 0 Å². The molecule has 7 heteroatoms. The van der Waals surface area contributed by atoms with E-state index >= 15 is 0 Å². The fourth-order valence-electron chi connectivity index (χ4n) is 3.48. The first kappa shape index (κ1) is 21.5. The van der Waals surface area contributed by atoms with Gasteiger partial charge in [0.25, 0.3) is 11.8 Å². The molecule has 1 heterocycles. The first-order valence-electron chi connectivity index (χ1n) is 10.1. The zero-order valence-corrected chi connectivity index (χ0v) is 17.1. The van der Waals surface area contributed by atoms with Crippen LogP contribution < -0.4 is 10.6 Å². The van der Waals surface area contributed by atoms with Crippen molar-refractivity contribution in [1.82, 2.24) is 10.2 Å². The fourth-order valence-corrected chi connectivity index (χ4v) is 3.48. The van der Waals surface area contributed by atoms with E-state index in [-0.39, 0.29) is 17.7 Å². The van der Waals surface area contributed by atoms with Gasteiger partial charge in [-0.3, -0.25) is 14.4 Å². The second kappa shape index (κ2) is 10.5. The van der Waals surface area contributed by atoms with Crippen LogP contribution in [-0.2, 0) is 9.53 Å². The molecule has 0 aromatic heterocycles. The molecule has 2 aromatic carbocycles. The molecule has 30 heavy (non-hydrogen) atoms. The number of likely N-dealkylation sites (tertiary alicyclic amines) is 1. The Bertz CT molecular complexity index is 868. The molecule has 158 valence electrons. The summed E-state index contributed by atoms with van der Waals surface area (Å²) >= 11 is 0. The van der Waals surface area contributed by atoms with Crippen LogP contribution in [0.25, 0.3) is 0 Å². The highest BCUT2D eigenvalue weighted by Crippen LogP contribution is 2.21. The second-order valence-electron chi connectivity index (χ2n) is 7.19. The molecule has 1 atom stereocenters. The van der Waals surface area contributed by atoms with Gasteiger partial charge in [-0.25, -0.2) is 0 Å². The first-order chi connectivity index (χ1) is 14.6. The Kier molecular flexibility index (Phi) is 7.57. The Morgan fingerprint density at radius 3 is 2.47 bits per heavy atom. The van der Waals surface area contributed by atoms with Crippen LogP contribution in [0, 0.1) is 0 Å². The van der Waals surface area contributed by atoms with Gasteiger partial charge >= 0.3 is 0 Å². The van der Waals surface area contributed by atoms with Crippen LogP contribution in [0.2, 0.25) is 0 Å². The average molecular weight is 409 g/mol. The number of hydrogen-bond acceptors (Lipinski definition) is 4. The minimum Gasteiger partial charge on any atom is -0.385 e. The number of ether oxygens (including phenoxy) is 1. The monoisotopic (exact) mass is 409 g/mol. The van der Waals surface area contributed by atoms with Crippen molar-refractivity contribution in [1.29, 1.82) is 0 Å². The predicted molar refractivity (Wildman–Crippen MR) is 114 cm³/mol. The first-order valence-corrected chi connectivity index (χ1v) is 10.1. The second-order valence-corrected chi connectivity index (χ2v) is 7.19. The Morgan fingerprint density at radius 1 is 1.03 bits per heavy atom. The third-order valence-corrected chi connectivity index (χ3v) is 5.07. The third kappa shape index (κ3) is 5.45. The lowest BCUT2D eigenvalue weighted by Gasteiger charge is -2.24. The van der Waals surface area contributed by atoms with Crippen molar-refractivity contribution in [3.8, 4) is 0 Å². The number of rotatable bonds is 8. The number of anilines is 1. The molecule has 0 bridgehead atoms. The van der Waals surface area contributed by atoms with Crippen LogP contribution in [0.5, 0.6) is 0 Å². The van der Waals surface area contributed by atoms with Crippen molar-refractivity contribution in [3.05, 3.63) is 65.7 Å². The minimum atomic E-state index is -0.447. The topological polar surface area (TPSA) is 87.7 Å². The van der Waals surface area contributed by atoms with Gasteiger partial charge < -0.3 is 20.3 Å². The Hall–Kier alpha value is -3.19. The summed E-state index contributed by atoms with van der Waals surface area (Å²) in [5, 5.41) is 5.70. The number of carbonyl (C=O) groups excluding carboxylic acids is 3. The average Bonchev–Trinajstić information content (AvgIpc) is 3.27. The highest BCUT2D eigenvalue weighted by Gasteiger charge is 2.34. The van der Waals surface area contributed by atoms with Gasteiger partial charge in [-0.2, -0.15) is 0 Å². The van der Waals surface area contributed by atoms with Crippen LogP contribution in [0.15, 0.2) is 54.6 Å². The van der Waals surface area contributed by atoms with Crippen molar-refractivity contribution in [2.24, 2.45) is 0 Å². The maximum atomic E-state index is 12.9. The normalized spacial score (nSPS) is 15.6. The number of methoxy groups -OCH3 is 1. The number of benzene rings is 2. The largest absolute Gasteiger partial charge is 0.385 e. The number of amides is 3. The van der Waals surface area contributed by atoms with E-state index in [1.54, 1.807) is 60.5 Å². The number of hydrogen-bond donors (Lipinski definition) is 2. The van der Waals surface area contributed by atoms with Crippen LogP contribution in [0.1, 0.15) is 40.0 Å². The van der Waals surface area contributed by atoms with Crippen molar-refractivity contribution in [3.63, 3.8) is 0 Å². The molecule has 0 spiro atoms. The van der Waals surface area contributed by atoms with E-state index in [0.717, 1.165) is 12.8 Å². The SMILES string of the molecule is COCCCNC(=O)[C@H]1CCCN1C(=O)c1ccc(NC(=O)c2ccccc2)cc1. The summed E-state index contributed by atoms with van der Waals surface area (Å²) in [5.74, 6) is -0.506. The lowest BCUT2D eigenvalue weighted by molar-refractivity contribution is -0.124. The molecule has 0 saturated carbocycles. The van der Waals surface area contributed by atoms with Gasteiger partial charge in [0.15, 0.2) is 0 Å². The lowest BCUT2D eigenvalue weighted by Crippen LogP contribution is -2.46. The van der Waals surface area contributed by atoms with Crippen molar-refractivity contribution in [2.75, 3.05) is 32.1 Å². The minimum absolute atomic E-state index is 0.122. The van der Waals surface area contributed by atoms with Crippen molar-refractivity contribution in [2.45, 2.75) is 25.3 Å².